The van der Waals surface area contributed by atoms with E-state index >= 15 is 0 Å². The summed E-state index contributed by atoms with van der Waals surface area (Å²) < 4.78 is 11.0. The van der Waals surface area contributed by atoms with Crippen LogP contribution in [0.4, 0.5) is 0 Å². The van der Waals surface area contributed by atoms with E-state index in [4.69, 9.17) is 9.47 Å². The number of aliphatic hydroxyl groups is 1. The molecule has 1 rings (SSSR count). The Balaban J connectivity index is 1.96. The van der Waals surface area contributed by atoms with Gasteiger partial charge in [0.15, 0.2) is 0 Å². The molecule has 1 saturated heterocycles. The Bertz CT molecular complexity index is 220. The zero-order valence-electron chi connectivity index (χ0n) is 13.3. The lowest BCUT2D eigenvalue weighted by Gasteiger charge is -2.17. The van der Waals surface area contributed by atoms with Gasteiger partial charge < -0.3 is 19.9 Å². The van der Waals surface area contributed by atoms with E-state index in [2.05, 4.69) is 19.2 Å². The van der Waals surface area contributed by atoms with E-state index in [1.54, 1.807) is 0 Å². The third-order valence-electron chi connectivity index (χ3n) is 4.04. The average molecular weight is 287 g/mol. The molecule has 4 nitrogen and oxygen atoms in total. The van der Waals surface area contributed by atoms with Crippen molar-refractivity contribution in [2.45, 2.75) is 52.1 Å². The van der Waals surface area contributed by atoms with Crippen molar-refractivity contribution < 1.29 is 14.6 Å². The van der Waals surface area contributed by atoms with Crippen LogP contribution in [0.3, 0.4) is 0 Å². The molecule has 0 radical (unpaired) electrons. The molecule has 1 aliphatic heterocycles. The molecule has 0 bridgehead atoms. The fourth-order valence-corrected chi connectivity index (χ4v) is 2.53. The molecule has 1 aliphatic rings. The summed E-state index contributed by atoms with van der Waals surface area (Å²) in [5.74, 6) is 1.26. The van der Waals surface area contributed by atoms with Gasteiger partial charge in [0.25, 0.3) is 0 Å². The molecule has 0 amide bonds. The van der Waals surface area contributed by atoms with E-state index in [1.165, 1.54) is 19.3 Å². The molecule has 0 aliphatic carbocycles. The second kappa shape index (κ2) is 11.5. The molecule has 4 heteroatoms. The van der Waals surface area contributed by atoms with E-state index in [0.29, 0.717) is 25.0 Å². The van der Waals surface area contributed by atoms with Crippen LogP contribution in [0, 0.1) is 11.8 Å². The predicted octanol–water partition coefficient (Wildman–Crippen LogP) is 2.21. The summed E-state index contributed by atoms with van der Waals surface area (Å²) >= 11 is 0. The van der Waals surface area contributed by atoms with Crippen LogP contribution < -0.4 is 5.32 Å². The van der Waals surface area contributed by atoms with Crippen LogP contribution >= 0.6 is 0 Å². The maximum Gasteiger partial charge on any atom is 0.0897 e. The van der Waals surface area contributed by atoms with Gasteiger partial charge >= 0.3 is 0 Å². The Hall–Kier alpha value is -0.160. The largest absolute Gasteiger partial charge is 0.389 e. The first kappa shape index (κ1) is 17.9. The second-order valence-electron chi connectivity index (χ2n) is 6.00. The van der Waals surface area contributed by atoms with E-state index in [0.717, 1.165) is 39.2 Å². The van der Waals surface area contributed by atoms with Gasteiger partial charge in [0, 0.05) is 26.3 Å². The lowest BCUT2D eigenvalue weighted by Crippen LogP contribution is -2.34. The summed E-state index contributed by atoms with van der Waals surface area (Å²) in [4.78, 5) is 0. The van der Waals surface area contributed by atoms with Gasteiger partial charge in [-0.2, -0.15) is 0 Å². The smallest absolute Gasteiger partial charge is 0.0897 e. The topological polar surface area (TPSA) is 50.7 Å². The first-order chi connectivity index (χ1) is 9.76. The average Bonchev–Trinajstić information content (AvgIpc) is 2.96. The Kier molecular flexibility index (Phi) is 10.3. The lowest BCUT2D eigenvalue weighted by atomic mass is 10.0. The Morgan fingerprint density at radius 3 is 2.85 bits per heavy atom. The fraction of sp³-hybridized carbons (Fsp3) is 1.00. The molecule has 0 aromatic heterocycles. The Morgan fingerprint density at radius 1 is 1.35 bits per heavy atom. The van der Waals surface area contributed by atoms with Crippen molar-refractivity contribution in [3.63, 3.8) is 0 Å². The van der Waals surface area contributed by atoms with Gasteiger partial charge in [0.2, 0.25) is 0 Å². The first-order valence-electron chi connectivity index (χ1n) is 8.30. The maximum absolute atomic E-state index is 9.87. The lowest BCUT2D eigenvalue weighted by molar-refractivity contribution is 0.0190. The molecule has 1 heterocycles. The summed E-state index contributed by atoms with van der Waals surface area (Å²) in [7, 11) is 0. The quantitative estimate of drug-likeness (QED) is 0.578. The molecular weight excluding hydrogens is 254 g/mol. The summed E-state index contributed by atoms with van der Waals surface area (Å²) in [5, 5.41) is 13.2. The molecule has 2 N–H and O–H groups in total. The monoisotopic (exact) mass is 287 g/mol. The summed E-state index contributed by atoms with van der Waals surface area (Å²) in [6.07, 6.45) is 5.65. The molecule has 3 unspecified atom stereocenters. The van der Waals surface area contributed by atoms with Crippen molar-refractivity contribution in [2.75, 3.05) is 39.5 Å². The minimum atomic E-state index is -0.402. The first-order valence-corrected chi connectivity index (χ1v) is 8.30. The van der Waals surface area contributed by atoms with Crippen LogP contribution in [0.5, 0.6) is 0 Å². The van der Waals surface area contributed by atoms with E-state index < -0.39 is 6.10 Å². The third-order valence-corrected chi connectivity index (χ3v) is 4.04. The van der Waals surface area contributed by atoms with Crippen molar-refractivity contribution >= 4 is 0 Å². The summed E-state index contributed by atoms with van der Waals surface area (Å²) in [5.41, 5.74) is 0. The van der Waals surface area contributed by atoms with Gasteiger partial charge in [-0.1, -0.05) is 33.1 Å². The summed E-state index contributed by atoms with van der Waals surface area (Å²) in [6, 6.07) is 0. The number of hydrogen-bond donors (Lipinski definition) is 2. The normalized spacial score (nSPS) is 22.1. The molecule has 1 fully saturated rings. The minimum Gasteiger partial charge on any atom is -0.389 e. The van der Waals surface area contributed by atoms with Crippen molar-refractivity contribution in [3.8, 4) is 0 Å². The second-order valence-corrected chi connectivity index (χ2v) is 6.00. The highest BCUT2D eigenvalue weighted by molar-refractivity contribution is 4.68. The van der Waals surface area contributed by atoms with Gasteiger partial charge in [-0.3, -0.25) is 0 Å². The SMILES string of the molecule is CCCCC(CC)COCC(O)CNCC1CCOC1. The van der Waals surface area contributed by atoms with Crippen LogP contribution in [0.25, 0.3) is 0 Å². The number of aliphatic hydroxyl groups excluding tert-OH is 1. The highest BCUT2D eigenvalue weighted by atomic mass is 16.5. The van der Waals surface area contributed by atoms with Crippen LogP contribution in [-0.2, 0) is 9.47 Å². The molecule has 0 saturated carbocycles. The zero-order chi connectivity index (χ0) is 14.6. The molecule has 3 atom stereocenters. The highest BCUT2D eigenvalue weighted by Crippen LogP contribution is 2.13. The van der Waals surface area contributed by atoms with Crippen LogP contribution in [0.2, 0.25) is 0 Å². The Labute approximate surface area is 124 Å². The molecule has 0 spiro atoms. The van der Waals surface area contributed by atoms with Gasteiger partial charge in [-0.05, 0) is 24.7 Å². The third kappa shape index (κ3) is 8.20. The van der Waals surface area contributed by atoms with Gasteiger partial charge in [0.05, 0.1) is 19.3 Å². The van der Waals surface area contributed by atoms with Gasteiger partial charge in [0.1, 0.15) is 0 Å². The standard InChI is InChI=1S/C16H33NO3/c1-3-5-6-14(4-2)11-20-13-16(18)10-17-9-15-7-8-19-12-15/h14-18H,3-13H2,1-2H3. The molecule has 0 aromatic carbocycles. The highest BCUT2D eigenvalue weighted by Gasteiger charge is 2.15. The maximum atomic E-state index is 9.87. The number of nitrogens with one attached hydrogen (secondary N) is 1. The van der Waals surface area contributed by atoms with E-state index in [1.807, 2.05) is 0 Å². The Morgan fingerprint density at radius 2 is 2.20 bits per heavy atom. The number of unbranched alkanes of at least 4 members (excludes halogenated alkanes) is 1. The van der Waals surface area contributed by atoms with Crippen molar-refractivity contribution in [3.05, 3.63) is 0 Å². The van der Waals surface area contributed by atoms with Gasteiger partial charge in [-0.15, -0.1) is 0 Å². The van der Waals surface area contributed by atoms with Crippen LogP contribution in [-0.4, -0.2) is 50.7 Å². The zero-order valence-corrected chi connectivity index (χ0v) is 13.3. The van der Waals surface area contributed by atoms with E-state index in [9.17, 15) is 5.11 Å². The summed E-state index contributed by atoms with van der Waals surface area (Å²) in [6.45, 7) is 8.95. The minimum absolute atomic E-state index is 0.402. The van der Waals surface area contributed by atoms with Crippen molar-refractivity contribution in [1.29, 1.82) is 0 Å². The molecule has 20 heavy (non-hydrogen) atoms. The van der Waals surface area contributed by atoms with Crippen LogP contribution in [0.1, 0.15) is 46.0 Å². The number of hydrogen-bond acceptors (Lipinski definition) is 4. The number of ether oxygens (including phenoxy) is 2. The fourth-order valence-electron chi connectivity index (χ4n) is 2.53. The van der Waals surface area contributed by atoms with E-state index in [-0.39, 0.29) is 0 Å². The van der Waals surface area contributed by atoms with Crippen molar-refractivity contribution in [1.82, 2.24) is 5.32 Å². The predicted molar refractivity (Wildman–Crippen MR) is 81.9 cm³/mol. The van der Waals surface area contributed by atoms with Gasteiger partial charge in [-0.25, -0.2) is 0 Å². The number of rotatable bonds is 12. The van der Waals surface area contributed by atoms with Crippen molar-refractivity contribution in [2.24, 2.45) is 11.8 Å². The molecular formula is C16H33NO3. The van der Waals surface area contributed by atoms with Crippen LogP contribution in [0.15, 0.2) is 0 Å². The molecule has 120 valence electrons. The molecule has 0 aromatic rings.